The van der Waals surface area contributed by atoms with Gasteiger partial charge in [-0.25, -0.2) is 0 Å². The molecule has 8 aliphatic carbocycles. The molecule has 10 atom stereocenters. The van der Waals surface area contributed by atoms with E-state index in [0.717, 1.165) is 12.8 Å². The van der Waals surface area contributed by atoms with Crippen LogP contribution in [0.15, 0.2) is 0 Å². The topological polar surface area (TPSA) is 86.7 Å². The molecule has 8 saturated carbocycles. The van der Waals surface area contributed by atoms with Gasteiger partial charge in [0.1, 0.15) is 11.6 Å². The van der Waals surface area contributed by atoms with Gasteiger partial charge in [0, 0.05) is 23.7 Å². The first-order valence-corrected chi connectivity index (χ1v) is 11.1. The second kappa shape index (κ2) is 4.47. The number of ketones is 2. The van der Waals surface area contributed by atoms with Crippen LogP contribution in [-0.2, 0) is 28.7 Å². The van der Waals surface area contributed by atoms with E-state index in [9.17, 15) is 19.2 Å². The lowest BCUT2D eigenvalue weighted by molar-refractivity contribution is -0.185. The third kappa shape index (κ3) is 1.27. The molecule has 0 N–H and O–H groups in total. The standard InChI is InChI=1S/C23H26O6/c1-28-18(26)22-9-23(19(27)29-2)11-8-20(5-3-12(20)24)16(22)15(11)14-10(22)7-21(17(14)23)6-4-13(21)25/h10-11,14-17H,3-9H2,1-2H3/t10-,11+,14-,15-,16-,17-,20+,21-,22-,23-/m1/s1. The lowest BCUT2D eigenvalue weighted by atomic mass is 9.48. The maximum atomic E-state index is 13.5. The quantitative estimate of drug-likeness (QED) is 0.661. The van der Waals surface area contributed by atoms with Crippen molar-refractivity contribution in [2.24, 2.45) is 57.2 Å². The molecule has 0 unspecified atom stereocenters. The van der Waals surface area contributed by atoms with Crippen LogP contribution in [0.5, 0.6) is 0 Å². The van der Waals surface area contributed by atoms with E-state index in [1.165, 1.54) is 14.2 Å². The molecule has 29 heavy (non-hydrogen) atoms. The fourth-order valence-electron chi connectivity index (χ4n) is 10.9. The minimum absolute atomic E-state index is 0.0148. The van der Waals surface area contributed by atoms with E-state index in [1.54, 1.807) is 0 Å². The predicted octanol–water partition coefficient (Wildman–Crippen LogP) is 1.94. The summed E-state index contributed by atoms with van der Waals surface area (Å²) in [7, 11) is 2.85. The Hall–Kier alpha value is -1.72. The Kier molecular flexibility index (Phi) is 2.62. The first-order valence-electron chi connectivity index (χ1n) is 11.1. The van der Waals surface area contributed by atoms with E-state index < -0.39 is 21.7 Å². The summed E-state index contributed by atoms with van der Waals surface area (Å²) in [6, 6.07) is 0. The van der Waals surface area contributed by atoms with Crippen molar-refractivity contribution >= 4 is 23.5 Å². The van der Waals surface area contributed by atoms with Gasteiger partial charge in [-0.15, -0.1) is 0 Å². The number of rotatable bonds is 2. The molecule has 0 heterocycles. The first-order chi connectivity index (χ1) is 13.8. The molecule has 0 aromatic rings. The van der Waals surface area contributed by atoms with Crippen molar-refractivity contribution in [1.29, 1.82) is 0 Å². The SMILES string of the molecule is COC(=O)[C@@]12C[C@@]3(C(=O)OC)[C@@H]4C[C@@]5(CCC5=O)[C@H]1[C@H]4[C@@H]1[C@@H]3[C@@]3(CCC3=O)C[C@@H]12. The fourth-order valence-corrected chi connectivity index (χ4v) is 10.9. The number of hydrogen-bond donors (Lipinski definition) is 0. The zero-order chi connectivity index (χ0) is 20.1. The molecular weight excluding hydrogens is 372 g/mol. The summed E-state index contributed by atoms with van der Waals surface area (Å²) in [5.74, 6) is 0.486. The zero-order valence-electron chi connectivity index (χ0n) is 16.9. The van der Waals surface area contributed by atoms with Gasteiger partial charge in [0.05, 0.1) is 25.0 Å². The molecule has 8 aliphatic rings. The summed E-state index contributed by atoms with van der Waals surface area (Å²) in [5, 5.41) is 0. The van der Waals surface area contributed by atoms with Crippen molar-refractivity contribution in [2.75, 3.05) is 14.2 Å². The number of esters is 2. The van der Waals surface area contributed by atoms with Gasteiger partial charge >= 0.3 is 11.9 Å². The largest absolute Gasteiger partial charge is 0.469 e. The maximum absolute atomic E-state index is 13.5. The average Bonchev–Trinajstić information content (AvgIpc) is 3.35. The molecule has 0 aromatic heterocycles. The van der Waals surface area contributed by atoms with Gasteiger partial charge in [0.15, 0.2) is 0 Å². The highest BCUT2D eigenvalue weighted by atomic mass is 16.5. The molecule has 0 amide bonds. The summed E-state index contributed by atoms with van der Waals surface area (Å²) in [4.78, 5) is 52.9. The third-order valence-corrected chi connectivity index (χ3v) is 11.4. The van der Waals surface area contributed by atoms with Crippen molar-refractivity contribution in [3.05, 3.63) is 0 Å². The van der Waals surface area contributed by atoms with Crippen LogP contribution in [0.1, 0.15) is 44.9 Å². The van der Waals surface area contributed by atoms with E-state index in [4.69, 9.17) is 9.47 Å². The molecule has 8 fully saturated rings. The fraction of sp³-hybridized carbons (Fsp3) is 0.826. The molecule has 6 heteroatoms. The number of methoxy groups -OCH3 is 2. The second-order valence-electron chi connectivity index (χ2n) is 11.1. The van der Waals surface area contributed by atoms with E-state index >= 15 is 0 Å². The number of ether oxygens (including phenoxy) is 2. The molecule has 6 nitrogen and oxygen atoms in total. The highest BCUT2D eigenvalue weighted by molar-refractivity contribution is 5.97. The molecule has 0 aliphatic heterocycles. The van der Waals surface area contributed by atoms with Crippen LogP contribution in [0.3, 0.4) is 0 Å². The number of carbonyl (C=O) groups excluding carboxylic acids is 4. The lowest BCUT2D eigenvalue weighted by Gasteiger charge is -2.53. The summed E-state index contributed by atoms with van der Waals surface area (Å²) in [6.07, 6.45) is 4.62. The maximum Gasteiger partial charge on any atom is 0.312 e. The van der Waals surface area contributed by atoms with Crippen molar-refractivity contribution in [1.82, 2.24) is 0 Å². The normalized spacial score (nSPS) is 59.4. The van der Waals surface area contributed by atoms with Crippen LogP contribution in [0.2, 0.25) is 0 Å². The smallest absolute Gasteiger partial charge is 0.312 e. The molecule has 0 aromatic carbocycles. The van der Waals surface area contributed by atoms with Gasteiger partial charge in [-0.3, -0.25) is 19.2 Å². The van der Waals surface area contributed by atoms with Crippen LogP contribution in [0, 0.1) is 57.2 Å². The zero-order valence-corrected chi connectivity index (χ0v) is 16.9. The molecule has 8 bridgehead atoms. The van der Waals surface area contributed by atoms with Crippen LogP contribution in [-0.4, -0.2) is 37.7 Å². The average molecular weight is 398 g/mol. The van der Waals surface area contributed by atoms with Crippen molar-refractivity contribution in [3.63, 3.8) is 0 Å². The van der Waals surface area contributed by atoms with Gasteiger partial charge in [-0.2, -0.15) is 0 Å². The summed E-state index contributed by atoms with van der Waals surface area (Å²) in [6.45, 7) is 0. The van der Waals surface area contributed by atoms with E-state index in [0.29, 0.717) is 32.1 Å². The van der Waals surface area contributed by atoms with Crippen LogP contribution in [0.25, 0.3) is 0 Å². The van der Waals surface area contributed by atoms with E-state index in [2.05, 4.69) is 0 Å². The Labute approximate surface area is 169 Å². The van der Waals surface area contributed by atoms with Gasteiger partial charge in [-0.1, -0.05) is 0 Å². The minimum atomic E-state index is -0.808. The van der Waals surface area contributed by atoms with Crippen molar-refractivity contribution in [2.45, 2.75) is 44.9 Å². The Morgan fingerprint density at radius 2 is 1.21 bits per heavy atom. The third-order valence-electron chi connectivity index (χ3n) is 11.4. The Balaban J connectivity index is 1.52. The van der Waals surface area contributed by atoms with Gasteiger partial charge < -0.3 is 9.47 Å². The molecule has 0 radical (unpaired) electrons. The minimum Gasteiger partial charge on any atom is -0.469 e. The van der Waals surface area contributed by atoms with Gasteiger partial charge in [0.25, 0.3) is 0 Å². The molecule has 0 saturated heterocycles. The summed E-state index contributed by atoms with van der Waals surface area (Å²) in [5.41, 5.74) is -2.52. The lowest BCUT2D eigenvalue weighted by Crippen LogP contribution is -2.59. The summed E-state index contributed by atoms with van der Waals surface area (Å²) >= 11 is 0. The number of Topliss-reactive ketones (excluding diaryl/α,β-unsaturated/α-hetero) is 2. The summed E-state index contributed by atoms with van der Waals surface area (Å²) < 4.78 is 10.8. The Morgan fingerprint density at radius 3 is 1.48 bits per heavy atom. The molecular formula is C23H26O6. The monoisotopic (exact) mass is 398 g/mol. The molecule has 2 spiro atoms. The van der Waals surface area contributed by atoms with E-state index in [1.807, 2.05) is 0 Å². The highest BCUT2D eigenvalue weighted by Crippen LogP contribution is 2.92. The highest BCUT2D eigenvalue weighted by Gasteiger charge is 2.94. The van der Waals surface area contributed by atoms with Gasteiger partial charge in [0.2, 0.25) is 0 Å². The van der Waals surface area contributed by atoms with Crippen molar-refractivity contribution < 1.29 is 28.7 Å². The second-order valence-corrected chi connectivity index (χ2v) is 11.1. The number of hydrogen-bond acceptors (Lipinski definition) is 6. The first kappa shape index (κ1) is 17.0. The van der Waals surface area contributed by atoms with Crippen LogP contribution in [0.4, 0.5) is 0 Å². The van der Waals surface area contributed by atoms with E-state index in [-0.39, 0.29) is 59.0 Å². The van der Waals surface area contributed by atoms with Crippen LogP contribution < -0.4 is 0 Å². The predicted molar refractivity (Wildman–Crippen MR) is 97.0 cm³/mol. The number of carbonyl (C=O) groups is 4. The van der Waals surface area contributed by atoms with Gasteiger partial charge in [-0.05, 0) is 67.6 Å². The molecule has 154 valence electrons. The van der Waals surface area contributed by atoms with Crippen molar-refractivity contribution in [3.8, 4) is 0 Å². The van der Waals surface area contributed by atoms with Crippen LogP contribution >= 0.6 is 0 Å². The Morgan fingerprint density at radius 1 is 0.793 bits per heavy atom. The Bertz CT molecular complexity index is 866. The molecule has 8 rings (SSSR count).